The first-order valence-electron chi connectivity index (χ1n) is 6.17. The highest BCUT2D eigenvalue weighted by Crippen LogP contribution is 2.42. The summed E-state index contributed by atoms with van der Waals surface area (Å²) in [5.41, 5.74) is 1.08. The van der Waals surface area contributed by atoms with Gasteiger partial charge in [0.15, 0.2) is 0 Å². The molecular weight excluding hydrogens is 232 g/mol. The van der Waals surface area contributed by atoms with E-state index in [0.717, 1.165) is 29.9 Å². The Morgan fingerprint density at radius 1 is 1.28 bits per heavy atom. The van der Waals surface area contributed by atoms with Crippen molar-refractivity contribution in [2.75, 3.05) is 34.0 Å². The molecular formula is C14H20O4. The molecule has 4 heteroatoms. The fraction of sp³-hybridized carbons (Fsp3) is 0.571. The Kier molecular flexibility index (Phi) is 4.09. The van der Waals surface area contributed by atoms with Crippen LogP contribution in [-0.2, 0) is 10.2 Å². The number of ether oxygens (including phenoxy) is 3. The van der Waals surface area contributed by atoms with Gasteiger partial charge in [-0.3, -0.25) is 0 Å². The van der Waals surface area contributed by atoms with Gasteiger partial charge < -0.3 is 19.3 Å². The average molecular weight is 252 g/mol. The van der Waals surface area contributed by atoms with Crippen molar-refractivity contribution < 1.29 is 19.3 Å². The molecule has 1 aliphatic heterocycles. The maximum absolute atomic E-state index is 9.03. The van der Waals surface area contributed by atoms with E-state index >= 15 is 0 Å². The highest BCUT2D eigenvalue weighted by Gasteiger charge is 2.42. The van der Waals surface area contributed by atoms with Crippen LogP contribution >= 0.6 is 0 Å². The predicted octanol–water partition coefficient (Wildman–Crippen LogP) is 1.74. The van der Waals surface area contributed by atoms with Gasteiger partial charge in [0.2, 0.25) is 0 Å². The number of methoxy groups -OCH3 is 2. The zero-order valence-electron chi connectivity index (χ0n) is 10.9. The van der Waals surface area contributed by atoms with Crippen molar-refractivity contribution in [2.24, 2.45) is 0 Å². The lowest BCUT2D eigenvalue weighted by atomic mass is 9.74. The molecule has 1 fully saturated rings. The van der Waals surface area contributed by atoms with Crippen molar-refractivity contribution >= 4 is 0 Å². The zero-order chi connectivity index (χ0) is 13.0. The summed E-state index contributed by atoms with van der Waals surface area (Å²) in [7, 11) is 3.33. The molecule has 2 rings (SSSR count). The second-order valence-electron chi connectivity index (χ2n) is 4.67. The predicted molar refractivity (Wildman–Crippen MR) is 68.4 cm³/mol. The minimum Gasteiger partial charge on any atom is -0.497 e. The van der Waals surface area contributed by atoms with Gasteiger partial charge in [-0.15, -0.1) is 0 Å². The lowest BCUT2D eigenvalue weighted by molar-refractivity contribution is -0.0674. The Hall–Kier alpha value is -1.26. The molecule has 4 nitrogen and oxygen atoms in total. The largest absolute Gasteiger partial charge is 0.497 e. The minimum atomic E-state index is -0.0391. The van der Waals surface area contributed by atoms with Gasteiger partial charge >= 0.3 is 0 Å². The van der Waals surface area contributed by atoms with Gasteiger partial charge in [-0.1, -0.05) is 0 Å². The Morgan fingerprint density at radius 3 is 2.56 bits per heavy atom. The lowest BCUT2D eigenvalue weighted by Crippen LogP contribution is -2.47. The van der Waals surface area contributed by atoms with E-state index in [-0.39, 0.29) is 12.0 Å². The van der Waals surface area contributed by atoms with Crippen LogP contribution in [-0.4, -0.2) is 39.1 Å². The van der Waals surface area contributed by atoms with Crippen molar-refractivity contribution in [3.8, 4) is 11.5 Å². The molecule has 1 aromatic carbocycles. The quantitative estimate of drug-likeness (QED) is 0.838. The van der Waals surface area contributed by atoms with Gasteiger partial charge in [-0.05, 0) is 31.0 Å². The monoisotopic (exact) mass is 252 g/mol. The second kappa shape index (κ2) is 5.59. The van der Waals surface area contributed by atoms with E-state index in [0.29, 0.717) is 13.2 Å². The highest BCUT2D eigenvalue weighted by atomic mass is 16.5. The van der Waals surface area contributed by atoms with Gasteiger partial charge in [0.25, 0.3) is 0 Å². The van der Waals surface area contributed by atoms with E-state index in [1.54, 1.807) is 14.2 Å². The Morgan fingerprint density at radius 2 is 2.06 bits per heavy atom. The first-order valence-corrected chi connectivity index (χ1v) is 6.17. The van der Waals surface area contributed by atoms with Crippen LogP contribution < -0.4 is 9.47 Å². The highest BCUT2D eigenvalue weighted by molar-refractivity contribution is 5.46. The Balaban J connectivity index is 2.33. The molecule has 0 amide bonds. The molecule has 0 bridgehead atoms. The second-order valence-corrected chi connectivity index (χ2v) is 4.67. The van der Waals surface area contributed by atoms with Crippen molar-refractivity contribution in [3.05, 3.63) is 23.8 Å². The molecule has 1 aliphatic rings. The number of rotatable bonds is 6. The van der Waals surface area contributed by atoms with Crippen molar-refractivity contribution in [1.82, 2.24) is 0 Å². The fourth-order valence-corrected chi connectivity index (χ4v) is 2.43. The average Bonchev–Trinajstić information content (AvgIpc) is 2.37. The van der Waals surface area contributed by atoms with Crippen molar-refractivity contribution in [3.63, 3.8) is 0 Å². The van der Waals surface area contributed by atoms with E-state index in [1.165, 1.54) is 0 Å². The minimum absolute atomic E-state index is 0.0391. The normalized spacial score (nSPS) is 17.1. The molecule has 100 valence electrons. The summed E-state index contributed by atoms with van der Waals surface area (Å²) in [4.78, 5) is 0. The number of hydrogen-bond donors (Lipinski definition) is 1. The first-order chi connectivity index (χ1) is 8.75. The van der Waals surface area contributed by atoms with Crippen LogP contribution in [0.3, 0.4) is 0 Å². The molecule has 0 atom stereocenters. The van der Waals surface area contributed by atoms with E-state index in [1.807, 2.05) is 18.2 Å². The summed E-state index contributed by atoms with van der Waals surface area (Å²) >= 11 is 0. The zero-order valence-corrected chi connectivity index (χ0v) is 10.9. The summed E-state index contributed by atoms with van der Waals surface area (Å²) in [6.07, 6.45) is 1.66. The third-order valence-electron chi connectivity index (χ3n) is 3.55. The summed E-state index contributed by atoms with van der Waals surface area (Å²) in [5, 5.41) is 9.03. The summed E-state index contributed by atoms with van der Waals surface area (Å²) < 4.78 is 16.1. The lowest BCUT2D eigenvalue weighted by Gasteiger charge is -2.42. The molecule has 18 heavy (non-hydrogen) atoms. The Bertz CT molecular complexity index is 399. The molecule has 0 radical (unpaired) electrons. The molecule has 0 aliphatic carbocycles. The van der Waals surface area contributed by atoms with Gasteiger partial charge in [-0.2, -0.15) is 0 Å². The SMILES string of the molecule is COc1ccc(OC)c(C2(CCCO)COC2)c1. The molecule has 1 heterocycles. The molecule has 0 saturated carbocycles. The van der Waals surface area contributed by atoms with Crippen LogP contribution in [0.15, 0.2) is 18.2 Å². The number of benzene rings is 1. The molecule has 0 unspecified atom stereocenters. The van der Waals surface area contributed by atoms with E-state index < -0.39 is 0 Å². The third-order valence-corrected chi connectivity index (χ3v) is 3.55. The molecule has 1 saturated heterocycles. The summed E-state index contributed by atoms with van der Waals surface area (Å²) in [5.74, 6) is 1.68. The number of hydrogen-bond acceptors (Lipinski definition) is 4. The molecule has 0 spiro atoms. The number of aliphatic hydroxyl groups excluding tert-OH is 1. The van der Waals surface area contributed by atoms with Gasteiger partial charge in [0.05, 0.1) is 27.4 Å². The van der Waals surface area contributed by atoms with Crippen molar-refractivity contribution in [1.29, 1.82) is 0 Å². The summed E-state index contributed by atoms with van der Waals surface area (Å²) in [6, 6.07) is 5.83. The van der Waals surface area contributed by atoms with Gasteiger partial charge in [0.1, 0.15) is 11.5 Å². The first kappa shape index (κ1) is 13.2. The Labute approximate surface area is 107 Å². The third kappa shape index (κ3) is 2.31. The topological polar surface area (TPSA) is 47.9 Å². The van der Waals surface area contributed by atoms with Crippen molar-refractivity contribution in [2.45, 2.75) is 18.3 Å². The smallest absolute Gasteiger partial charge is 0.123 e. The van der Waals surface area contributed by atoms with Crippen LogP contribution in [0.25, 0.3) is 0 Å². The maximum Gasteiger partial charge on any atom is 0.123 e. The van der Waals surface area contributed by atoms with E-state index in [2.05, 4.69) is 0 Å². The van der Waals surface area contributed by atoms with Gasteiger partial charge in [0, 0.05) is 17.6 Å². The van der Waals surface area contributed by atoms with Crippen LogP contribution in [0.5, 0.6) is 11.5 Å². The van der Waals surface area contributed by atoms with Crippen LogP contribution in [0, 0.1) is 0 Å². The maximum atomic E-state index is 9.03. The standard InChI is InChI=1S/C14H20O4/c1-16-11-4-5-13(17-2)12(8-11)14(6-3-7-15)9-18-10-14/h4-5,8,15H,3,6-7,9-10H2,1-2H3. The molecule has 0 aromatic heterocycles. The van der Waals surface area contributed by atoms with Crippen LogP contribution in [0.2, 0.25) is 0 Å². The number of aliphatic hydroxyl groups is 1. The van der Waals surface area contributed by atoms with Gasteiger partial charge in [-0.25, -0.2) is 0 Å². The fourth-order valence-electron chi connectivity index (χ4n) is 2.43. The van der Waals surface area contributed by atoms with Crippen LogP contribution in [0.1, 0.15) is 18.4 Å². The van der Waals surface area contributed by atoms with E-state index in [9.17, 15) is 0 Å². The van der Waals surface area contributed by atoms with E-state index in [4.69, 9.17) is 19.3 Å². The summed E-state index contributed by atoms with van der Waals surface area (Å²) in [6.45, 7) is 1.56. The molecule has 1 aromatic rings. The molecule has 1 N–H and O–H groups in total. The van der Waals surface area contributed by atoms with Crippen LogP contribution in [0.4, 0.5) is 0 Å².